The summed E-state index contributed by atoms with van der Waals surface area (Å²) < 4.78 is 1.04. The summed E-state index contributed by atoms with van der Waals surface area (Å²) in [6.45, 7) is 2.00. The van der Waals surface area contributed by atoms with E-state index in [-0.39, 0.29) is 6.04 Å². The topological polar surface area (TPSA) is 38.9 Å². The van der Waals surface area contributed by atoms with Crippen molar-refractivity contribution >= 4 is 26.8 Å². The molecule has 1 atom stereocenters. The summed E-state index contributed by atoms with van der Waals surface area (Å²) in [5.41, 5.74) is 10.6. The molecule has 1 unspecified atom stereocenters. The Morgan fingerprint density at radius 3 is 2.65 bits per heavy atom. The fourth-order valence-corrected chi connectivity index (χ4v) is 2.88. The smallest absolute Gasteiger partial charge is 0.0705 e. The minimum Gasteiger partial charge on any atom is -0.320 e. The van der Waals surface area contributed by atoms with Gasteiger partial charge >= 0.3 is 0 Å². The van der Waals surface area contributed by atoms with Crippen molar-refractivity contribution in [3.05, 3.63) is 75.9 Å². The van der Waals surface area contributed by atoms with Crippen LogP contribution in [0.15, 0.2) is 59.1 Å². The SMILES string of the molecule is Cc1ccc2cc(C(N)c3ccccc3Br)ccc2n1. The molecule has 2 N–H and O–H groups in total. The summed E-state index contributed by atoms with van der Waals surface area (Å²) in [7, 11) is 0. The van der Waals surface area contributed by atoms with E-state index in [1.54, 1.807) is 0 Å². The standard InChI is InChI=1S/C17H15BrN2/c1-11-6-7-12-10-13(8-9-16(12)20-11)17(19)14-4-2-3-5-15(14)18/h2-10,17H,19H2,1H3. The van der Waals surface area contributed by atoms with E-state index in [1.807, 2.05) is 43.3 Å². The molecule has 1 aromatic heterocycles. The first-order valence-corrected chi connectivity index (χ1v) is 7.32. The molecule has 0 aliphatic rings. The zero-order chi connectivity index (χ0) is 14.1. The third kappa shape index (κ3) is 2.47. The minimum atomic E-state index is -0.142. The maximum Gasteiger partial charge on any atom is 0.0705 e. The van der Waals surface area contributed by atoms with Gasteiger partial charge in [-0.1, -0.05) is 46.3 Å². The van der Waals surface area contributed by atoms with Crippen molar-refractivity contribution < 1.29 is 0 Å². The van der Waals surface area contributed by atoms with E-state index < -0.39 is 0 Å². The third-order valence-corrected chi connectivity index (χ3v) is 4.17. The molecule has 0 aliphatic carbocycles. The highest BCUT2D eigenvalue weighted by Gasteiger charge is 2.12. The summed E-state index contributed by atoms with van der Waals surface area (Å²) in [6, 6.07) is 18.2. The molecule has 100 valence electrons. The molecular weight excluding hydrogens is 312 g/mol. The lowest BCUT2D eigenvalue weighted by Gasteiger charge is -2.15. The number of hydrogen-bond acceptors (Lipinski definition) is 2. The summed E-state index contributed by atoms with van der Waals surface area (Å²) in [6.07, 6.45) is 0. The van der Waals surface area contributed by atoms with Gasteiger partial charge in [0.1, 0.15) is 0 Å². The Balaban J connectivity index is 2.06. The average molecular weight is 327 g/mol. The highest BCUT2D eigenvalue weighted by molar-refractivity contribution is 9.10. The Bertz CT molecular complexity index is 768. The van der Waals surface area contributed by atoms with E-state index in [1.165, 1.54) is 0 Å². The van der Waals surface area contributed by atoms with Gasteiger partial charge in [-0.05, 0) is 42.3 Å². The van der Waals surface area contributed by atoms with E-state index in [4.69, 9.17) is 5.73 Å². The number of aromatic nitrogens is 1. The first-order chi connectivity index (χ1) is 9.65. The molecule has 0 fully saturated rings. The quantitative estimate of drug-likeness (QED) is 0.760. The largest absolute Gasteiger partial charge is 0.320 e. The predicted molar refractivity (Wildman–Crippen MR) is 86.7 cm³/mol. The van der Waals surface area contributed by atoms with Gasteiger partial charge in [0.15, 0.2) is 0 Å². The zero-order valence-electron chi connectivity index (χ0n) is 11.2. The first kappa shape index (κ1) is 13.3. The molecule has 0 bridgehead atoms. The molecule has 3 rings (SSSR count). The molecule has 0 saturated heterocycles. The minimum absolute atomic E-state index is 0.142. The van der Waals surface area contributed by atoms with Crippen molar-refractivity contribution in [1.82, 2.24) is 4.98 Å². The lowest BCUT2D eigenvalue weighted by Crippen LogP contribution is -2.12. The van der Waals surface area contributed by atoms with E-state index in [9.17, 15) is 0 Å². The number of benzene rings is 2. The van der Waals surface area contributed by atoms with Crippen LogP contribution in [0.4, 0.5) is 0 Å². The number of pyridine rings is 1. The lowest BCUT2D eigenvalue weighted by molar-refractivity contribution is 0.867. The number of aryl methyl sites for hydroxylation is 1. The van der Waals surface area contributed by atoms with Crippen molar-refractivity contribution in [3.8, 4) is 0 Å². The van der Waals surface area contributed by atoms with Crippen LogP contribution in [0.2, 0.25) is 0 Å². The Hall–Kier alpha value is -1.71. The molecule has 0 spiro atoms. The molecule has 0 saturated carbocycles. The molecule has 2 nitrogen and oxygen atoms in total. The summed E-state index contributed by atoms with van der Waals surface area (Å²) in [5, 5.41) is 1.12. The van der Waals surface area contributed by atoms with Crippen LogP contribution in [0, 0.1) is 6.92 Å². The van der Waals surface area contributed by atoms with Gasteiger partial charge in [-0.3, -0.25) is 4.98 Å². The van der Waals surface area contributed by atoms with Gasteiger partial charge in [0.05, 0.1) is 11.6 Å². The van der Waals surface area contributed by atoms with Crippen LogP contribution in [0.5, 0.6) is 0 Å². The molecule has 3 heteroatoms. The highest BCUT2D eigenvalue weighted by atomic mass is 79.9. The Morgan fingerprint density at radius 2 is 1.85 bits per heavy atom. The van der Waals surface area contributed by atoms with E-state index >= 15 is 0 Å². The van der Waals surface area contributed by atoms with Crippen LogP contribution in [-0.2, 0) is 0 Å². The van der Waals surface area contributed by atoms with E-state index in [0.29, 0.717) is 0 Å². The van der Waals surface area contributed by atoms with Gasteiger partial charge in [-0.2, -0.15) is 0 Å². The molecule has 20 heavy (non-hydrogen) atoms. The maximum atomic E-state index is 6.39. The van der Waals surface area contributed by atoms with Crippen molar-refractivity contribution in [3.63, 3.8) is 0 Å². The van der Waals surface area contributed by atoms with Crippen molar-refractivity contribution in [2.45, 2.75) is 13.0 Å². The van der Waals surface area contributed by atoms with E-state index in [0.717, 1.165) is 32.2 Å². The number of rotatable bonds is 2. The normalized spacial score (nSPS) is 12.6. The molecule has 0 aliphatic heterocycles. The Labute approximate surface area is 126 Å². The predicted octanol–water partition coefficient (Wildman–Crippen LogP) is 4.35. The van der Waals surface area contributed by atoms with Crippen LogP contribution < -0.4 is 5.73 Å². The summed E-state index contributed by atoms with van der Waals surface area (Å²) >= 11 is 3.56. The second kappa shape index (κ2) is 5.35. The Morgan fingerprint density at radius 1 is 1.05 bits per heavy atom. The zero-order valence-corrected chi connectivity index (χ0v) is 12.8. The van der Waals surface area contributed by atoms with Crippen LogP contribution in [-0.4, -0.2) is 4.98 Å². The molecule has 2 aromatic carbocycles. The van der Waals surface area contributed by atoms with Crippen LogP contribution in [0.1, 0.15) is 22.9 Å². The molecule has 3 aromatic rings. The average Bonchev–Trinajstić information content (AvgIpc) is 2.46. The van der Waals surface area contributed by atoms with Gasteiger partial charge in [-0.25, -0.2) is 0 Å². The number of nitrogens with two attached hydrogens (primary N) is 1. The molecular formula is C17H15BrN2. The fraction of sp³-hybridized carbons (Fsp3) is 0.118. The number of nitrogens with zero attached hydrogens (tertiary/aromatic N) is 1. The second-order valence-corrected chi connectivity index (χ2v) is 5.76. The summed E-state index contributed by atoms with van der Waals surface area (Å²) in [5.74, 6) is 0. The van der Waals surface area contributed by atoms with Crippen LogP contribution in [0.25, 0.3) is 10.9 Å². The summed E-state index contributed by atoms with van der Waals surface area (Å²) in [4.78, 5) is 4.52. The molecule has 1 heterocycles. The Kier molecular flexibility index (Phi) is 3.55. The van der Waals surface area contributed by atoms with Crippen molar-refractivity contribution in [2.75, 3.05) is 0 Å². The van der Waals surface area contributed by atoms with Gasteiger partial charge < -0.3 is 5.73 Å². The van der Waals surface area contributed by atoms with Crippen molar-refractivity contribution in [1.29, 1.82) is 0 Å². The monoisotopic (exact) mass is 326 g/mol. The van der Waals surface area contributed by atoms with Gasteiger partial charge in [0.25, 0.3) is 0 Å². The number of halogens is 1. The fourth-order valence-electron chi connectivity index (χ4n) is 2.35. The number of fused-ring (bicyclic) bond motifs is 1. The molecule has 0 amide bonds. The third-order valence-electron chi connectivity index (χ3n) is 3.45. The maximum absolute atomic E-state index is 6.39. The van der Waals surface area contributed by atoms with Gasteiger partial charge in [-0.15, -0.1) is 0 Å². The van der Waals surface area contributed by atoms with Crippen LogP contribution >= 0.6 is 15.9 Å². The number of hydrogen-bond donors (Lipinski definition) is 1. The van der Waals surface area contributed by atoms with Crippen molar-refractivity contribution in [2.24, 2.45) is 5.73 Å². The highest BCUT2D eigenvalue weighted by Crippen LogP contribution is 2.28. The van der Waals surface area contributed by atoms with E-state index in [2.05, 4.69) is 39.1 Å². The van der Waals surface area contributed by atoms with Gasteiger partial charge in [0, 0.05) is 15.6 Å². The lowest BCUT2D eigenvalue weighted by atomic mass is 9.98. The second-order valence-electron chi connectivity index (χ2n) is 4.90. The molecule has 0 radical (unpaired) electrons. The van der Waals surface area contributed by atoms with Gasteiger partial charge in [0.2, 0.25) is 0 Å². The van der Waals surface area contributed by atoms with Crippen LogP contribution in [0.3, 0.4) is 0 Å². The first-order valence-electron chi connectivity index (χ1n) is 6.52.